The SMILES string of the molecule is c1cnc2sc(-c3ccc4sc(-c5ccc6ncoc6c5)nc4c3)cc2c1. The predicted octanol–water partition coefficient (Wildman–Crippen LogP) is 6.38. The lowest BCUT2D eigenvalue weighted by molar-refractivity contribution is 0.602. The zero-order valence-electron chi connectivity index (χ0n) is 13.9. The third-order valence-electron chi connectivity index (χ3n) is 4.54. The quantitative estimate of drug-likeness (QED) is 0.347. The first-order valence-electron chi connectivity index (χ1n) is 8.43. The van der Waals surface area contributed by atoms with Gasteiger partial charge in [0.25, 0.3) is 0 Å². The fourth-order valence-electron chi connectivity index (χ4n) is 3.21. The monoisotopic (exact) mass is 385 g/mol. The first kappa shape index (κ1) is 15.0. The average molecular weight is 385 g/mol. The van der Waals surface area contributed by atoms with Crippen molar-refractivity contribution in [1.82, 2.24) is 15.0 Å². The van der Waals surface area contributed by atoms with E-state index in [1.54, 1.807) is 22.7 Å². The Hall–Kier alpha value is -3.09. The van der Waals surface area contributed by atoms with Gasteiger partial charge >= 0.3 is 0 Å². The summed E-state index contributed by atoms with van der Waals surface area (Å²) in [5, 5.41) is 2.16. The van der Waals surface area contributed by atoms with E-state index < -0.39 is 0 Å². The van der Waals surface area contributed by atoms with Crippen LogP contribution in [0.4, 0.5) is 0 Å². The Kier molecular flexibility index (Phi) is 3.17. The van der Waals surface area contributed by atoms with Gasteiger partial charge in [-0.05, 0) is 48.0 Å². The van der Waals surface area contributed by atoms with Gasteiger partial charge in [-0.1, -0.05) is 12.1 Å². The normalized spacial score (nSPS) is 11.7. The lowest BCUT2D eigenvalue weighted by Crippen LogP contribution is -1.77. The van der Waals surface area contributed by atoms with Crippen molar-refractivity contribution < 1.29 is 4.42 Å². The summed E-state index contributed by atoms with van der Waals surface area (Å²) in [6, 6.07) is 18.7. The van der Waals surface area contributed by atoms with E-state index >= 15 is 0 Å². The highest BCUT2D eigenvalue weighted by atomic mass is 32.1. The van der Waals surface area contributed by atoms with Crippen molar-refractivity contribution in [2.45, 2.75) is 0 Å². The summed E-state index contributed by atoms with van der Waals surface area (Å²) < 4.78 is 6.59. The molecule has 128 valence electrons. The van der Waals surface area contributed by atoms with Gasteiger partial charge < -0.3 is 4.42 Å². The van der Waals surface area contributed by atoms with E-state index in [4.69, 9.17) is 9.40 Å². The lowest BCUT2D eigenvalue weighted by atomic mass is 10.1. The van der Waals surface area contributed by atoms with E-state index in [-0.39, 0.29) is 0 Å². The number of thiazole rings is 1. The number of oxazole rings is 1. The molecule has 6 rings (SSSR count). The molecule has 6 heteroatoms. The van der Waals surface area contributed by atoms with Gasteiger partial charge in [0, 0.05) is 22.0 Å². The second-order valence-corrected chi connectivity index (χ2v) is 8.31. The molecule has 0 aliphatic heterocycles. The first-order chi connectivity index (χ1) is 13.3. The number of nitrogens with zero attached hydrogens (tertiary/aromatic N) is 3. The Morgan fingerprint density at radius 2 is 1.78 bits per heavy atom. The summed E-state index contributed by atoms with van der Waals surface area (Å²) in [6.45, 7) is 0. The standard InChI is InChI=1S/C21H11N3OS2/c1-2-13-10-19(27-20(13)22-7-1)12-4-6-18-16(8-12)24-21(26-18)14-3-5-15-17(9-14)25-11-23-15/h1-11H. The number of hydrogen-bond acceptors (Lipinski definition) is 6. The number of benzene rings is 2. The summed E-state index contributed by atoms with van der Waals surface area (Å²) in [6.07, 6.45) is 3.31. The van der Waals surface area contributed by atoms with E-state index in [2.05, 4.69) is 40.3 Å². The van der Waals surface area contributed by atoms with E-state index in [9.17, 15) is 0 Å². The molecule has 4 heterocycles. The van der Waals surface area contributed by atoms with Crippen LogP contribution < -0.4 is 0 Å². The molecule has 0 bridgehead atoms. The minimum Gasteiger partial charge on any atom is -0.443 e. The van der Waals surface area contributed by atoms with E-state index in [1.165, 1.54) is 26.9 Å². The van der Waals surface area contributed by atoms with Crippen molar-refractivity contribution >= 4 is 54.2 Å². The number of pyridine rings is 1. The number of hydrogen-bond donors (Lipinski definition) is 0. The Morgan fingerprint density at radius 3 is 2.74 bits per heavy atom. The molecule has 4 nitrogen and oxygen atoms in total. The summed E-state index contributed by atoms with van der Waals surface area (Å²) in [5.41, 5.74) is 4.88. The lowest BCUT2D eigenvalue weighted by Gasteiger charge is -1.96. The Bertz CT molecular complexity index is 1410. The van der Waals surface area contributed by atoms with Gasteiger partial charge in [0.05, 0.1) is 10.2 Å². The van der Waals surface area contributed by atoms with Gasteiger partial charge in [-0.15, -0.1) is 22.7 Å². The smallest absolute Gasteiger partial charge is 0.181 e. The molecule has 0 saturated heterocycles. The van der Waals surface area contributed by atoms with Gasteiger partial charge in [0.1, 0.15) is 15.4 Å². The first-order valence-corrected chi connectivity index (χ1v) is 10.1. The summed E-state index contributed by atoms with van der Waals surface area (Å²) in [7, 11) is 0. The molecule has 0 aliphatic carbocycles. The fourth-order valence-corrected chi connectivity index (χ4v) is 5.15. The van der Waals surface area contributed by atoms with E-state index in [0.717, 1.165) is 32.0 Å². The van der Waals surface area contributed by atoms with Gasteiger partial charge in [-0.25, -0.2) is 15.0 Å². The maximum atomic E-state index is 5.42. The maximum absolute atomic E-state index is 5.42. The van der Waals surface area contributed by atoms with Crippen LogP contribution in [0.5, 0.6) is 0 Å². The highest BCUT2D eigenvalue weighted by Gasteiger charge is 2.11. The summed E-state index contributed by atoms with van der Waals surface area (Å²) in [4.78, 5) is 15.7. The topological polar surface area (TPSA) is 51.8 Å². The molecule has 0 N–H and O–H groups in total. The molecule has 0 saturated carbocycles. The molecule has 0 amide bonds. The second-order valence-electron chi connectivity index (χ2n) is 6.24. The zero-order chi connectivity index (χ0) is 17.8. The number of thiophene rings is 1. The fraction of sp³-hybridized carbons (Fsp3) is 0. The number of aromatic nitrogens is 3. The Morgan fingerprint density at radius 1 is 0.815 bits per heavy atom. The van der Waals surface area contributed by atoms with E-state index in [0.29, 0.717) is 0 Å². The minimum atomic E-state index is 0.783. The van der Waals surface area contributed by atoms with Crippen molar-refractivity contribution in [1.29, 1.82) is 0 Å². The highest BCUT2D eigenvalue weighted by Crippen LogP contribution is 2.37. The molecule has 2 aromatic carbocycles. The van der Waals surface area contributed by atoms with E-state index in [1.807, 2.05) is 30.5 Å². The van der Waals surface area contributed by atoms with Crippen LogP contribution in [-0.2, 0) is 0 Å². The molecule has 0 aliphatic rings. The molecule has 0 radical (unpaired) electrons. The predicted molar refractivity (Wildman–Crippen MR) is 111 cm³/mol. The minimum absolute atomic E-state index is 0.783. The molecule has 0 spiro atoms. The van der Waals surface area contributed by atoms with Gasteiger partial charge in [-0.2, -0.15) is 0 Å². The molecule has 6 aromatic rings. The van der Waals surface area contributed by atoms with Crippen LogP contribution in [0, 0.1) is 0 Å². The van der Waals surface area contributed by atoms with Crippen LogP contribution in [0.25, 0.3) is 52.5 Å². The maximum Gasteiger partial charge on any atom is 0.181 e. The molecule has 27 heavy (non-hydrogen) atoms. The number of fused-ring (bicyclic) bond motifs is 3. The van der Waals surface area contributed by atoms with Gasteiger partial charge in [-0.3, -0.25) is 0 Å². The molecule has 4 aromatic heterocycles. The van der Waals surface area contributed by atoms with Crippen molar-refractivity contribution in [3.05, 3.63) is 67.2 Å². The summed E-state index contributed by atoms with van der Waals surface area (Å²) in [5.74, 6) is 0. The Labute approximate surface area is 161 Å². The van der Waals surface area contributed by atoms with Crippen molar-refractivity contribution in [3.63, 3.8) is 0 Å². The van der Waals surface area contributed by atoms with Crippen LogP contribution in [0.15, 0.2) is 71.6 Å². The second kappa shape index (κ2) is 5.70. The largest absolute Gasteiger partial charge is 0.443 e. The number of rotatable bonds is 2. The Balaban J connectivity index is 1.46. The van der Waals surface area contributed by atoms with Crippen LogP contribution >= 0.6 is 22.7 Å². The van der Waals surface area contributed by atoms with Crippen LogP contribution in [0.3, 0.4) is 0 Å². The van der Waals surface area contributed by atoms with Gasteiger partial charge in [0.15, 0.2) is 12.0 Å². The zero-order valence-corrected chi connectivity index (χ0v) is 15.6. The molecule has 0 atom stereocenters. The third-order valence-corrected chi connectivity index (χ3v) is 6.74. The van der Waals surface area contributed by atoms with Crippen molar-refractivity contribution in [2.75, 3.05) is 0 Å². The van der Waals surface area contributed by atoms with Crippen LogP contribution in [-0.4, -0.2) is 15.0 Å². The van der Waals surface area contributed by atoms with Gasteiger partial charge in [0.2, 0.25) is 0 Å². The molecule has 0 fully saturated rings. The van der Waals surface area contributed by atoms with Crippen molar-refractivity contribution in [2.24, 2.45) is 0 Å². The molecule has 0 unspecified atom stereocenters. The third kappa shape index (κ3) is 2.45. The highest BCUT2D eigenvalue weighted by molar-refractivity contribution is 7.22. The van der Waals surface area contributed by atoms with Crippen molar-refractivity contribution in [3.8, 4) is 21.0 Å². The summed E-state index contributed by atoms with van der Waals surface area (Å²) >= 11 is 3.40. The average Bonchev–Trinajstić information content (AvgIpc) is 3.42. The molecular weight excluding hydrogens is 374 g/mol. The molecular formula is C21H11N3OS2. The van der Waals surface area contributed by atoms with Crippen LogP contribution in [0.1, 0.15) is 0 Å². The van der Waals surface area contributed by atoms with Crippen LogP contribution in [0.2, 0.25) is 0 Å².